The lowest BCUT2D eigenvalue weighted by Crippen LogP contribution is -2.32. The number of hydrogen-bond donors (Lipinski definition) is 1. The summed E-state index contributed by atoms with van der Waals surface area (Å²) in [6.45, 7) is 0.562. The van der Waals surface area contributed by atoms with Gasteiger partial charge in [-0.1, -0.05) is 12.1 Å². The number of amides is 1. The second-order valence-electron chi connectivity index (χ2n) is 5.86. The molecule has 25 heavy (non-hydrogen) atoms. The molecular formula is C18H16FN5O. The number of halogens is 1. The lowest BCUT2D eigenvalue weighted by molar-refractivity contribution is 0.0728. The molecule has 1 amide bonds. The van der Waals surface area contributed by atoms with E-state index in [1.165, 1.54) is 12.1 Å². The van der Waals surface area contributed by atoms with Crippen molar-refractivity contribution < 1.29 is 9.18 Å². The number of aromatic nitrogens is 4. The Kier molecular flexibility index (Phi) is 3.97. The van der Waals surface area contributed by atoms with Gasteiger partial charge in [0.2, 0.25) is 0 Å². The molecule has 1 aliphatic heterocycles. The Morgan fingerprint density at radius 2 is 2.00 bits per heavy atom. The first-order chi connectivity index (χ1) is 12.3. The number of benzene rings is 1. The number of rotatable bonds is 3. The number of carbonyl (C=O) groups excluding carboxylic acids is 1. The summed E-state index contributed by atoms with van der Waals surface area (Å²) in [4.78, 5) is 30.6. The van der Waals surface area contributed by atoms with E-state index in [-0.39, 0.29) is 17.5 Å². The van der Waals surface area contributed by atoms with Crippen LogP contribution in [0.1, 0.15) is 34.9 Å². The number of hydrogen-bond acceptors (Lipinski definition) is 4. The van der Waals surface area contributed by atoms with E-state index < -0.39 is 5.82 Å². The fourth-order valence-electron chi connectivity index (χ4n) is 3.25. The van der Waals surface area contributed by atoms with Crippen LogP contribution in [0.15, 0.2) is 49.1 Å². The van der Waals surface area contributed by atoms with Gasteiger partial charge < -0.3 is 9.88 Å². The molecule has 1 atom stereocenters. The van der Waals surface area contributed by atoms with Gasteiger partial charge in [0.1, 0.15) is 11.5 Å². The fraction of sp³-hybridized carbons (Fsp3) is 0.222. The lowest BCUT2D eigenvalue weighted by atomic mass is 10.1. The normalized spacial score (nSPS) is 17.0. The molecule has 1 unspecified atom stereocenters. The quantitative estimate of drug-likeness (QED) is 0.797. The highest BCUT2D eigenvalue weighted by Crippen LogP contribution is 2.35. The van der Waals surface area contributed by atoms with Gasteiger partial charge in [-0.05, 0) is 25.0 Å². The molecule has 1 fully saturated rings. The van der Waals surface area contributed by atoms with Gasteiger partial charge in [-0.2, -0.15) is 0 Å². The Balaban J connectivity index is 1.72. The number of H-pyrrole nitrogens is 1. The van der Waals surface area contributed by atoms with Crippen LogP contribution in [-0.2, 0) is 0 Å². The van der Waals surface area contributed by atoms with Crippen molar-refractivity contribution >= 4 is 5.91 Å². The maximum Gasteiger partial charge on any atom is 0.257 e. The van der Waals surface area contributed by atoms with E-state index in [4.69, 9.17) is 0 Å². The zero-order valence-corrected chi connectivity index (χ0v) is 13.4. The number of nitrogens with one attached hydrogen (secondary N) is 1. The van der Waals surface area contributed by atoms with E-state index in [1.54, 1.807) is 41.8 Å². The van der Waals surface area contributed by atoms with Gasteiger partial charge in [-0.3, -0.25) is 9.78 Å². The van der Waals surface area contributed by atoms with Gasteiger partial charge in [-0.15, -0.1) is 0 Å². The average Bonchev–Trinajstić information content (AvgIpc) is 3.33. The number of nitrogens with zero attached hydrogens (tertiary/aromatic N) is 4. The molecule has 3 heterocycles. The van der Waals surface area contributed by atoms with Gasteiger partial charge in [0.15, 0.2) is 5.82 Å². The molecule has 1 aliphatic rings. The zero-order chi connectivity index (χ0) is 17.2. The van der Waals surface area contributed by atoms with Crippen LogP contribution >= 0.6 is 0 Å². The Hall–Kier alpha value is -3.09. The Bertz CT molecular complexity index is 896. The van der Waals surface area contributed by atoms with Crippen molar-refractivity contribution in [2.45, 2.75) is 18.9 Å². The third-order valence-electron chi connectivity index (χ3n) is 4.38. The van der Waals surface area contributed by atoms with Crippen molar-refractivity contribution in [2.75, 3.05) is 6.54 Å². The van der Waals surface area contributed by atoms with Gasteiger partial charge >= 0.3 is 0 Å². The van der Waals surface area contributed by atoms with E-state index in [0.717, 1.165) is 12.8 Å². The first-order valence-corrected chi connectivity index (χ1v) is 8.12. The zero-order valence-electron chi connectivity index (χ0n) is 13.4. The van der Waals surface area contributed by atoms with Crippen LogP contribution in [0.25, 0.3) is 11.5 Å². The summed E-state index contributed by atoms with van der Waals surface area (Å²) in [7, 11) is 0. The van der Waals surface area contributed by atoms with E-state index in [0.29, 0.717) is 23.8 Å². The molecule has 0 bridgehead atoms. The molecule has 0 saturated carbocycles. The number of aromatic amines is 1. The van der Waals surface area contributed by atoms with Crippen molar-refractivity contribution in [1.82, 2.24) is 24.8 Å². The van der Waals surface area contributed by atoms with Crippen molar-refractivity contribution in [3.63, 3.8) is 0 Å². The monoisotopic (exact) mass is 337 g/mol. The SMILES string of the molecule is O=C(c1ccccc1F)N1CCCC1c1nccnc1-c1ncc[nH]1. The topological polar surface area (TPSA) is 74.8 Å². The maximum absolute atomic E-state index is 14.0. The Morgan fingerprint density at radius 1 is 1.16 bits per heavy atom. The fourth-order valence-corrected chi connectivity index (χ4v) is 3.25. The third kappa shape index (κ3) is 2.77. The van der Waals surface area contributed by atoms with Crippen molar-refractivity contribution in [1.29, 1.82) is 0 Å². The third-order valence-corrected chi connectivity index (χ3v) is 4.38. The van der Waals surface area contributed by atoms with Crippen molar-refractivity contribution in [2.24, 2.45) is 0 Å². The molecule has 1 saturated heterocycles. The van der Waals surface area contributed by atoms with Crippen molar-refractivity contribution in [3.05, 3.63) is 66.1 Å². The van der Waals surface area contributed by atoms with E-state index in [2.05, 4.69) is 19.9 Å². The minimum Gasteiger partial charge on any atom is -0.343 e. The first kappa shape index (κ1) is 15.4. The minimum absolute atomic E-state index is 0.0813. The van der Waals surface area contributed by atoms with Crippen LogP contribution in [0.3, 0.4) is 0 Å². The van der Waals surface area contributed by atoms with Crippen LogP contribution in [0.4, 0.5) is 4.39 Å². The molecule has 7 heteroatoms. The van der Waals surface area contributed by atoms with E-state index in [9.17, 15) is 9.18 Å². The van der Waals surface area contributed by atoms with Crippen LogP contribution in [0, 0.1) is 5.82 Å². The molecule has 0 spiro atoms. The lowest BCUT2D eigenvalue weighted by Gasteiger charge is -2.25. The molecule has 0 aliphatic carbocycles. The number of carbonyl (C=O) groups is 1. The molecule has 126 valence electrons. The molecule has 6 nitrogen and oxygen atoms in total. The van der Waals surface area contributed by atoms with Gasteiger partial charge in [0.25, 0.3) is 5.91 Å². The minimum atomic E-state index is -0.511. The second-order valence-corrected chi connectivity index (χ2v) is 5.86. The number of likely N-dealkylation sites (tertiary alicyclic amines) is 1. The highest BCUT2D eigenvalue weighted by molar-refractivity contribution is 5.95. The highest BCUT2D eigenvalue weighted by atomic mass is 19.1. The van der Waals surface area contributed by atoms with E-state index >= 15 is 0 Å². The first-order valence-electron chi connectivity index (χ1n) is 8.12. The molecule has 1 N–H and O–H groups in total. The summed E-state index contributed by atoms with van der Waals surface area (Å²) in [5, 5.41) is 0. The molecule has 2 aromatic heterocycles. The van der Waals surface area contributed by atoms with Gasteiger partial charge in [0.05, 0.1) is 17.3 Å². The van der Waals surface area contributed by atoms with Crippen molar-refractivity contribution in [3.8, 4) is 11.5 Å². The predicted molar refractivity (Wildman–Crippen MR) is 89.0 cm³/mol. The summed E-state index contributed by atoms with van der Waals surface area (Å²) in [6, 6.07) is 5.80. The summed E-state index contributed by atoms with van der Waals surface area (Å²) in [5.74, 6) is -0.228. The standard InChI is InChI=1S/C18H16FN5O/c19-13-5-2-1-4-12(13)18(25)24-11-3-6-14(24)15-16(21-8-7-20-15)17-22-9-10-23-17/h1-2,4-5,7-10,14H,3,6,11H2,(H,22,23). The Labute approximate surface area is 143 Å². The smallest absolute Gasteiger partial charge is 0.257 e. The maximum atomic E-state index is 14.0. The van der Waals surface area contributed by atoms with E-state index in [1.807, 2.05) is 0 Å². The summed E-state index contributed by atoms with van der Waals surface area (Å²) in [5.41, 5.74) is 1.38. The van der Waals surface area contributed by atoms with Crippen LogP contribution in [-0.4, -0.2) is 37.3 Å². The molecule has 1 aromatic carbocycles. The van der Waals surface area contributed by atoms with Crippen LogP contribution in [0.5, 0.6) is 0 Å². The summed E-state index contributed by atoms with van der Waals surface area (Å²) in [6.07, 6.45) is 8.15. The van der Waals surface area contributed by atoms with Crippen LogP contribution in [0.2, 0.25) is 0 Å². The molecule has 0 radical (unpaired) electrons. The van der Waals surface area contributed by atoms with Gasteiger partial charge in [-0.25, -0.2) is 14.4 Å². The number of imidazole rings is 1. The second kappa shape index (κ2) is 6.43. The Morgan fingerprint density at radius 3 is 2.80 bits per heavy atom. The predicted octanol–water partition coefficient (Wildman–Crippen LogP) is 2.98. The largest absolute Gasteiger partial charge is 0.343 e. The summed E-state index contributed by atoms with van der Waals surface area (Å²) < 4.78 is 14.0. The molecule has 4 rings (SSSR count). The van der Waals surface area contributed by atoms with Crippen LogP contribution < -0.4 is 0 Å². The summed E-state index contributed by atoms with van der Waals surface area (Å²) >= 11 is 0. The average molecular weight is 337 g/mol. The highest BCUT2D eigenvalue weighted by Gasteiger charge is 2.34. The molecular weight excluding hydrogens is 321 g/mol. The molecule has 3 aromatic rings. The van der Waals surface area contributed by atoms with Gasteiger partial charge in [0, 0.05) is 31.3 Å².